The zero-order valence-corrected chi connectivity index (χ0v) is 20.1. The SMILES string of the molecule is Cc1ccc(NC(=O)c2ccc(S(=O)(=O)c3ccc(C(=O)Nc4ccc(C)cc4)cc3)cc2)cc1. The Morgan fingerprint density at radius 2 is 0.829 bits per heavy atom. The maximum atomic E-state index is 13.0. The molecule has 0 saturated carbocycles. The molecule has 35 heavy (non-hydrogen) atoms. The molecule has 4 rings (SSSR count). The van der Waals surface area contributed by atoms with E-state index in [-0.39, 0.29) is 21.6 Å². The molecular formula is C28H24N2O4S. The van der Waals surface area contributed by atoms with Gasteiger partial charge in [-0.3, -0.25) is 9.59 Å². The van der Waals surface area contributed by atoms with E-state index in [4.69, 9.17) is 0 Å². The molecule has 0 aliphatic heterocycles. The van der Waals surface area contributed by atoms with E-state index < -0.39 is 9.84 Å². The van der Waals surface area contributed by atoms with Crippen LogP contribution in [-0.4, -0.2) is 20.2 Å². The predicted octanol–water partition coefficient (Wildman–Crippen LogP) is 5.64. The summed E-state index contributed by atoms with van der Waals surface area (Å²) < 4.78 is 26.1. The molecule has 0 radical (unpaired) electrons. The third-order valence-electron chi connectivity index (χ3n) is 5.47. The van der Waals surface area contributed by atoms with Crippen molar-refractivity contribution in [2.24, 2.45) is 0 Å². The van der Waals surface area contributed by atoms with Gasteiger partial charge in [0.2, 0.25) is 9.84 Å². The molecule has 0 atom stereocenters. The predicted molar refractivity (Wildman–Crippen MR) is 137 cm³/mol. The topological polar surface area (TPSA) is 92.3 Å². The van der Waals surface area contributed by atoms with Crippen LogP contribution in [0.5, 0.6) is 0 Å². The van der Waals surface area contributed by atoms with E-state index in [1.165, 1.54) is 48.5 Å². The number of sulfone groups is 1. The van der Waals surface area contributed by atoms with Crippen LogP contribution in [-0.2, 0) is 9.84 Å². The molecule has 0 aromatic heterocycles. The number of rotatable bonds is 6. The number of carbonyl (C=O) groups excluding carboxylic acids is 2. The van der Waals surface area contributed by atoms with Gasteiger partial charge >= 0.3 is 0 Å². The van der Waals surface area contributed by atoms with Crippen molar-refractivity contribution < 1.29 is 18.0 Å². The third-order valence-corrected chi connectivity index (χ3v) is 7.26. The van der Waals surface area contributed by atoms with Crippen molar-refractivity contribution in [1.82, 2.24) is 0 Å². The molecule has 2 N–H and O–H groups in total. The summed E-state index contributed by atoms with van der Waals surface area (Å²) in [5.41, 5.74) is 4.16. The van der Waals surface area contributed by atoms with Crippen LogP contribution in [0.4, 0.5) is 11.4 Å². The van der Waals surface area contributed by atoms with E-state index in [2.05, 4.69) is 10.6 Å². The van der Waals surface area contributed by atoms with Gasteiger partial charge in [0.15, 0.2) is 0 Å². The Morgan fingerprint density at radius 3 is 1.14 bits per heavy atom. The molecule has 4 aromatic rings. The number of carbonyl (C=O) groups is 2. The first-order valence-electron chi connectivity index (χ1n) is 10.9. The zero-order valence-electron chi connectivity index (χ0n) is 19.3. The van der Waals surface area contributed by atoms with Gasteiger partial charge in [0.25, 0.3) is 11.8 Å². The van der Waals surface area contributed by atoms with Crippen molar-refractivity contribution >= 4 is 33.0 Å². The Labute approximate surface area is 204 Å². The molecule has 0 heterocycles. The maximum absolute atomic E-state index is 13.0. The van der Waals surface area contributed by atoms with Gasteiger partial charge in [-0.05, 0) is 86.6 Å². The fraction of sp³-hybridized carbons (Fsp3) is 0.0714. The van der Waals surface area contributed by atoms with Crippen molar-refractivity contribution in [3.8, 4) is 0 Å². The van der Waals surface area contributed by atoms with Crippen LogP contribution in [0, 0.1) is 13.8 Å². The van der Waals surface area contributed by atoms with Crippen molar-refractivity contribution in [3.05, 3.63) is 119 Å². The normalized spacial score (nSPS) is 11.0. The first kappa shape index (κ1) is 23.9. The first-order valence-corrected chi connectivity index (χ1v) is 12.4. The Hall–Kier alpha value is -4.23. The number of hydrogen-bond acceptors (Lipinski definition) is 4. The van der Waals surface area contributed by atoms with Gasteiger partial charge in [-0.25, -0.2) is 8.42 Å². The second kappa shape index (κ2) is 9.95. The minimum Gasteiger partial charge on any atom is -0.322 e. The van der Waals surface area contributed by atoms with E-state index in [9.17, 15) is 18.0 Å². The lowest BCUT2D eigenvalue weighted by molar-refractivity contribution is 0.101. The molecule has 7 heteroatoms. The Morgan fingerprint density at radius 1 is 0.514 bits per heavy atom. The second-order valence-electron chi connectivity index (χ2n) is 8.19. The van der Waals surface area contributed by atoms with Gasteiger partial charge < -0.3 is 10.6 Å². The van der Waals surface area contributed by atoms with Gasteiger partial charge in [-0.1, -0.05) is 35.4 Å². The fourth-order valence-electron chi connectivity index (χ4n) is 3.39. The highest BCUT2D eigenvalue weighted by Gasteiger charge is 2.19. The lowest BCUT2D eigenvalue weighted by atomic mass is 10.2. The number of aryl methyl sites for hydroxylation is 2. The molecule has 4 aromatic carbocycles. The van der Waals surface area contributed by atoms with E-state index in [0.717, 1.165) is 11.1 Å². The van der Waals surface area contributed by atoms with E-state index >= 15 is 0 Å². The second-order valence-corrected chi connectivity index (χ2v) is 10.1. The van der Waals surface area contributed by atoms with Crippen LogP contribution in [0.25, 0.3) is 0 Å². The summed E-state index contributed by atoms with van der Waals surface area (Å²) in [4.78, 5) is 25.1. The summed E-state index contributed by atoms with van der Waals surface area (Å²) in [5.74, 6) is -0.663. The third kappa shape index (κ3) is 5.65. The monoisotopic (exact) mass is 484 g/mol. The molecule has 0 spiro atoms. The van der Waals surface area contributed by atoms with E-state index in [0.29, 0.717) is 22.5 Å². The Kier molecular flexibility index (Phi) is 6.80. The Balaban J connectivity index is 1.45. The van der Waals surface area contributed by atoms with Gasteiger partial charge in [0, 0.05) is 22.5 Å². The summed E-state index contributed by atoms with van der Waals surface area (Å²) >= 11 is 0. The summed E-state index contributed by atoms with van der Waals surface area (Å²) in [7, 11) is -3.81. The molecule has 0 unspecified atom stereocenters. The molecule has 2 amide bonds. The average molecular weight is 485 g/mol. The lowest BCUT2D eigenvalue weighted by Crippen LogP contribution is -2.13. The van der Waals surface area contributed by atoms with Crippen molar-refractivity contribution in [2.75, 3.05) is 10.6 Å². The van der Waals surface area contributed by atoms with Gasteiger partial charge in [-0.15, -0.1) is 0 Å². The minimum atomic E-state index is -3.81. The number of anilines is 2. The van der Waals surface area contributed by atoms with Gasteiger partial charge in [0.1, 0.15) is 0 Å². The quantitative estimate of drug-likeness (QED) is 0.370. The summed E-state index contributed by atoms with van der Waals surface area (Å²) in [6.45, 7) is 3.91. The number of benzene rings is 4. The number of nitrogens with one attached hydrogen (secondary N) is 2. The maximum Gasteiger partial charge on any atom is 0.255 e. The van der Waals surface area contributed by atoms with Crippen LogP contribution >= 0.6 is 0 Å². The highest BCUT2D eigenvalue weighted by Crippen LogP contribution is 2.22. The Bertz CT molecular complexity index is 1350. The van der Waals surface area contributed by atoms with Crippen LogP contribution in [0.3, 0.4) is 0 Å². The summed E-state index contributed by atoms with van der Waals surface area (Å²) in [6.07, 6.45) is 0. The van der Waals surface area contributed by atoms with E-state index in [1.807, 2.05) is 38.1 Å². The molecule has 0 saturated heterocycles. The summed E-state index contributed by atoms with van der Waals surface area (Å²) in [5, 5.41) is 5.57. The number of amides is 2. The lowest BCUT2D eigenvalue weighted by Gasteiger charge is -2.09. The molecule has 0 fully saturated rings. The first-order chi connectivity index (χ1) is 16.7. The van der Waals surface area contributed by atoms with Crippen LogP contribution in [0.2, 0.25) is 0 Å². The van der Waals surface area contributed by atoms with Crippen molar-refractivity contribution in [3.63, 3.8) is 0 Å². The molecular weight excluding hydrogens is 460 g/mol. The molecule has 176 valence electrons. The van der Waals surface area contributed by atoms with Gasteiger partial charge in [0.05, 0.1) is 9.79 Å². The molecule has 0 aliphatic rings. The van der Waals surface area contributed by atoms with Crippen LogP contribution in [0.15, 0.2) is 107 Å². The molecule has 0 aliphatic carbocycles. The van der Waals surface area contributed by atoms with Crippen molar-refractivity contribution in [1.29, 1.82) is 0 Å². The zero-order chi connectivity index (χ0) is 25.0. The minimum absolute atomic E-state index is 0.0567. The average Bonchev–Trinajstić information content (AvgIpc) is 2.87. The summed E-state index contributed by atoms with van der Waals surface area (Å²) in [6, 6.07) is 26.3. The standard InChI is InChI=1S/C28H24N2O4S/c1-19-3-11-23(12-4-19)29-27(31)21-7-15-25(16-8-21)35(33,34)26-17-9-22(10-18-26)28(32)30-24-13-5-20(2)6-14-24/h3-18H,1-2H3,(H,29,31)(H,30,32). The highest BCUT2D eigenvalue weighted by atomic mass is 32.2. The molecule has 6 nitrogen and oxygen atoms in total. The largest absolute Gasteiger partial charge is 0.322 e. The fourth-order valence-corrected chi connectivity index (χ4v) is 4.65. The van der Waals surface area contributed by atoms with Crippen molar-refractivity contribution in [2.45, 2.75) is 23.6 Å². The van der Waals surface area contributed by atoms with Gasteiger partial charge in [-0.2, -0.15) is 0 Å². The molecule has 0 bridgehead atoms. The van der Waals surface area contributed by atoms with E-state index in [1.54, 1.807) is 24.3 Å². The smallest absolute Gasteiger partial charge is 0.255 e. The van der Waals surface area contributed by atoms with Crippen LogP contribution < -0.4 is 10.6 Å². The van der Waals surface area contributed by atoms with Crippen LogP contribution in [0.1, 0.15) is 31.8 Å². The number of hydrogen-bond donors (Lipinski definition) is 2. The highest BCUT2D eigenvalue weighted by molar-refractivity contribution is 7.91.